The fourth-order valence-corrected chi connectivity index (χ4v) is 5.64. The van der Waals surface area contributed by atoms with Crippen molar-refractivity contribution in [3.05, 3.63) is 82.8 Å². The molecule has 176 valence electrons. The summed E-state index contributed by atoms with van der Waals surface area (Å²) in [6.07, 6.45) is 4.30. The van der Waals surface area contributed by atoms with Gasteiger partial charge in [0.05, 0.1) is 18.0 Å². The normalized spacial score (nSPS) is 16.1. The van der Waals surface area contributed by atoms with Gasteiger partial charge in [0.15, 0.2) is 5.76 Å². The van der Waals surface area contributed by atoms with Crippen molar-refractivity contribution in [1.29, 1.82) is 0 Å². The smallest absolute Gasteiger partial charge is 0.289 e. The number of hydrogen-bond donors (Lipinski definition) is 0. The van der Waals surface area contributed by atoms with E-state index < -0.39 is 0 Å². The van der Waals surface area contributed by atoms with Crippen molar-refractivity contribution in [3.63, 3.8) is 0 Å². The molecule has 1 atom stereocenters. The summed E-state index contributed by atoms with van der Waals surface area (Å²) in [4.78, 5) is 17.5. The molecule has 1 unspecified atom stereocenters. The lowest BCUT2D eigenvalue weighted by Crippen LogP contribution is -2.47. The Hall–Kier alpha value is -2.74. The number of nitrogens with zero attached hydrogens (tertiary/aromatic N) is 4. The van der Waals surface area contributed by atoms with Gasteiger partial charge in [0.2, 0.25) is 0 Å². The molecule has 4 aromatic rings. The van der Waals surface area contributed by atoms with Crippen molar-refractivity contribution in [2.75, 3.05) is 20.1 Å². The lowest BCUT2D eigenvalue weighted by atomic mass is 9.84. The zero-order chi connectivity index (χ0) is 23.5. The summed E-state index contributed by atoms with van der Waals surface area (Å²) in [6, 6.07) is 17.8. The maximum Gasteiger partial charge on any atom is 0.289 e. The van der Waals surface area contributed by atoms with Gasteiger partial charge in [-0.05, 0) is 79.7 Å². The Balaban J connectivity index is 1.29. The van der Waals surface area contributed by atoms with Crippen LogP contribution in [0.5, 0.6) is 0 Å². The molecule has 0 spiro atoms. The standard InChI is InChI=1S/C26H27ClN4O2S/c1-30(26(32)25-7-4-14-33-25)24(16-20-5-2-3-6-21(20)27)19-10-12-31(13-11-19)17-18-8-9-22-23(15-18)29-34-28-22/h2-9,14-15,19,24H,10-13,16-17H2,1H3. The van der Waals surface area contributed by atoms with Crippen LogP contribution in [-0.4, -0.2) is 50.6 Å². The van der Waals surface area contributed by atoms with Gasteiger partial charge >= 0.3 is 0 Å². The van der Waals surface area contributed by atoms with Gasteiger partial charge in [-0.25, -0.2) is 0 Å². The minimum atomic E-state index is -0.0883. The molecule has 5 rings (SSSR count). The first-order valence-electron chi connectivity index (χ1n) is 11.6. The molecule has 1 aliphatic rings. The maximum absolute atomic E-state index is 13.1. The Morgan fingerprint density at radius 1 is 1.15 bits per heavy atom. The highest BCUT2D eigenvalue weighted by atomic mass is 35.5. The molecule has 1 amide bonds. The Kier molecular flexibility index (Phi) is 6.94. The van der Waals surface area contributed by atoms with E-state index in [1.807, 2.05) is 30.1 Å². The van der Waals surface area contributed by atoms with Gasteiger partial charge < -0.3 is 9.32 Å². The summed E-state index contributed by atoms with van der Waals surface area (Å²) in [5.74, 6) is 0.660. The van der Waals surface area contributed by atoms with Crippen molar-refractivity contribution in [1.82, 2.24) is 18.5 Å². The van der Waals surface area contributed by atoms with E-state index in [2.05, 4.69) is 37.9 Å². The van der Waals surface area contributed by atoms with E-state index in [1.54, 1.807) is 18.4 Å². The van der Waals surface area contributed by atoms with E-state index in [0.29, 0.717) is 11.7 Å². The van der Waals surface area contributed by atoms with Gasteiger partial charge in [0, 0.05) is 24.7 Å². The molecule has 0 N–H and O–H groups in total. The number of carbonyl (C=O) groups excluding carboxylic acids is 1. The number of rotatable bonds is 7. The molecule has 0 saturated carbocycles. The average Bonchev–Trinajstić information content (AvgIpc) is 3.55. The number of halogens is 1. The zero-order valence-corrected chi connectivity index (χ0v) is 20.6. The molecule has 3 heterocycles. The van der Waals surface area contributed by atoms with Crippen molar-refractivity contribution >= 4 is 40.3 Å². The number of piperidine rings is 1. The summed E-state index contributed by atoms with van der Waals surface area (Å²) in [7, 11) is 1.88. The number of amides is 1. The Morgan fingerprint density at radius 2 is 1.94 bits per heavy atom. The molecule has 1 aliphatic heterocycles. The quantitative estimate of drug-likeness (QED) is 0.338. The fourth-order valence-electron chi connectivity index (χ4n) is 4.91. The first-order chi connectivity index (χ1) is 16.6. The predicted octanol–water partition coefficient (Wildman–Crippen LogP) is 5.53. The number of hydrogen-bond acceptors (Lipinski definition) is 6. The van der Waals surface area contributed by atoms with Crippen LogP contribution in [-0.2, 0) is 13.0 Å². The van der Waals surface area contributed by atoms with Crippen LogP contribution in [0.2, 0.25) is 5.02 Å². The van der Waals surface area contributed by atoms with E-state index >= 15 is 0 Å². The highest BCUT2D eigenvalue weighted by Crippen LogP contribution is 2.30. The van der Waals surface area contributed by atoms with Crippen molar-refractivity contribution in [2.45, 2.75) is 31.8 Å². The van der Waals surface area contributed by atoms with Gasteiger partial charge in [0.25, 0.3) is 5.91 Å². The fraction of sp³-hybridized carbons (Fsp3) is 0.346. The SMILES string of the molecule is CN(C(=O)c1ccco1)C(Cc1ccccc1Cl)C1CCN(Cc2ccc3nsnc3c2)CC1. The van der Waals surface area contributed by atoms with E-state index in [1.165, 1.54) is 17.3 Å². The molecule has 34 heavy (non-hydrogen) atoms. The second-order valence-electron chi connectivity index (χ2n) is 8.96. The summed E-state index contributed by atoms with van der Waals surface area (Å²) in [5, 5.41) is 0.746. The highest BCUT2D eigenvalue weighted by Gasteiger charge is 2.33. The van der Waals surface area contributed by atoms with Crippen LogP contribution < -0.4 is 0 Å². The summed E-state index contributed by atoms with van der Waals surface area (Å²) in [5.41, 5.74) is 4.26. The molecule has 1 fully saturated rings. The molecule has 0 aliphatic carbocycles. The van der Waals surface area contributed by atoms with E-state index in [9.17, 15) is 4.79 Å². The van der Waals surface area contributed by atoms with Crippen LogP contribution in [0.25, 0.3) is 11.0 Å². The molecule has 0 bridgehead atoms. The van der Waals surface area contributed by atoms with Crippen LogP contribution in [0.3, 0.4) is 0 Å². The molecular weight excluding hydrogens is 468 g/mol. The number of benzene rings is 2. The first kappa shape index (κ1) is 23.0. The highest BCUT2D eigenvalue weighted by molar-refractivity contribution is 7.00. The summed E-state index contributed by atoms with van der Waals surface area (Å²) in [6.45, 7) is 2.87. The molecule has 1 saturated heterocycles. The number of furan rings is 1. The number of fused-ring (bicyclic) bond motifs is 1. The van der Waals surface area contributed by atoms with Crippen LogP contribution in [0.1, 0.15) is 34.5 Å². The predicted molar refractivity (Wildman–Crippen MR) is 135 cm³/mol. The first-order valence-corrected chi connectivity index (χ1v) is 12.7. The van der Waals surface area contributed by atoms with E-state index in [4.69, 9.17) is 16.0 Å². The lowest BCUT2D eigenvalue weighted by molar-refractivity contribution is 0.0556. The number of carbonyl (C=O) groups is 1. The molecule has 2 aromatic carbocycles. The summed E-state index contributed by atoms with van der Waals surface area (Å²) < 4.78 is 14.1. The topological polar surface area (TPSA) is 62.5 Å². The van der Waals surface area contributed by atoms with Crippen LogP contribution in [0.4, 0.5) is 0 Å². The average molecular weight is 495 g/mol. The van der Waals surface area contributed by atoms with Crippen molar-refractivity contribution in [2.24, 2.45) is 5.92 Å². The van der Waals surface area contributed by atoms with Gasteiger partial charge in [-0.15, -0.1) is 0 Å². The molecule has 2 aromatic heterocycles. The van der Waals surface area contributed by atoms with Crippen LogP contribution >= 0.6 is 23.3 Å². The lowest BCUT2D eigenvalue weighted by Gasteiger charge is -2.40. The third-order valence-corrected chi connectivity index (χ3v) is 7.76. The van der Waals surface area contributed by atoms with Gasteiger partial charge in [-0.2, -0.15) is 8.75 Å². The monoisotopic (exact) mass is 494 g/mol. The van der Waals surface area contributed by atoms with Crippen molar-refractivity contribution < 1.29 is 9.21 Å². The number of likely N-dealkylation sites (tertiary alicyclic amines) is 1. The zero-order valence-electron chi connectivity index (χ0n) is 19.1. The van der Waals surface area contributed by atoms with Gasteiger partial charge in [-0.1, -0.05) is 35.9 Å². The van der Waals surface area contributed by atoms with Crippen LogP contribution in [0.15, 0.2) is 65.3 Å². The number of likely N-dealkylation sites (N-methyl/N-ethyl adjacent to an activating group) is 1. The van der Waals surface area contributed by atoms with Crippen molar-refractivity contribution in [3.8, 4) is 0 Å². The van der Waals surface area contributed by atoms with Gasteiger partial charge in [0.1, 0.15) is 11.0 Å². The largest absolute Gasteiger partial charge is 0.459 e. The second-order valence-corrected chi connectivity index (χ2v) is 9.89. The minimum absolute atomic E-state index is 0.0390. The number of aromatic nitrogens is 2. The Bertz CT molecular complexity index is 1250. The van der Waals surface area contributed by atoms with E-state index in [0.717, 1.165) is 60.5 Å². The second kappa shape index (κ2) is 10.3. The van der Waals surface area contributed by atoms with Gasteiger partial charge in [-0.3, -0.25) is 9.69 Å². The molecular formula is C26H27ClN4O2S. The Labute approximate surface area is 208 Å². The third kappa shape index (κ3) is 5.02. The third-order valence-electron chi connectivity index (χ3n) is 6.84. The molecule has 0 radical (unpaired) electrons. The molecule has 6 nitrogen and oxygen atoms in total. The minimum Gasteiger partial charge on any atom is -0.459 e. The van der Waals surface area contributed by atoms with E-state index in [-0.39, 0.29) is 11.9 Å². The maximum atomic E-state index is 13.1. The Morgan fingerprint density at radius 3 is 2.71 bits per heavy atom. The van der Waals surface area contributed by atoms with Crippen LogP contribution in [0, 0.1) is 5.92 Å². The summed E-state index contributed by atoms with van der Waals surface area (Å²) >= 11 is 7.75. The molecule has 8 heteroatoms.